The number of ether oxygens (including phenoxy) is 1. The lowest BCUT2D eigenvalue weighted by Crippen LogP contribution is -2.39. The third-order valence-corrected chi connectivity index (χ3v) is 4.50. The van der Waals surface area contributed by atoms with Crippen molar-refractivity contribution in [3.8, 4) is 0 Å². The molecular weight excluding hydrogens is 330 g/mol. The van der Waals surface area contributed by atoms with Crippen LogP contribution < -0.4 is 0 Å². The number of carbonyl (C=O) groups excluding carboxylic acids is 1. The van der Waals surface area contributed by atoms with Gasteiger partial charge in [-0.3, -0.25) is 9.35 Å². The van der Waals surface area contributed by atoms with Gasteiger partial charge in [0.15, 0.2) is 6.61 Å². The van der Waals surface area contributed by atoms with Crippen LogP contribution in [0.15, 0.2) is 12.2 Å². The maximum Gasteiger partial charge on any atom is 0.402 e. The molecule has 0 spiro atoms. The van der Waals surface area contributed by atoms with Crippen molar-refractivity contribution < 1.29 is 31.3 Å². The second-order valence-electron chi connectivity index (χ2n) is 4.96. The molecule has 0 heterocycles. The first kappa shape index (κ1) is 24.2. The third kappa shape index (κ3) is 6.95. The van der Waals surface area contributed by atoms with Gasteiger partial charge < -0.3 is 4.74 Å². The highest BCUT2D eigenvalue weighted by molar-refractivity contribution is 7.86. The van der Waals surface area contributed by atoms with Crippen LogP contribution in [0, 0.1) is 5.41 Å². The number of carbonyl (C=O) groups is 1. The van der Waals surface area contributed by atoms with Gasteiger partial charge in [-0.05, 0) is 25.7 Å². The van der Waals surface area contributed by atoms with E-state index in [1.54, 1.807) is 13.8 Å². The summed E-state index contributed by atoms with van der Waals surface area (Å²) >= 11 is 0. The summed E-state index contributed by atoms with van der Waals surface area (Å²) in [6.45, 7) is 11.4. The highest BCUT2D eigenvalue weighted by atomic mass is 32.2. The minimum absolute atomic E-state index is 0.285. The highest BCUT2D eigenvalue weighted by Crippen LogP contribution is 2.36. The number of allylic oxidation sites excluding steroid dienone is 1. The predicted octanol–water partition coefficient (Wildman–Crippen LogP) is 4.20. The Morgan fingerprint density at radius 1 is 1.17 bits per heavy atom. The van der Waals surface area contributed by atoms with E-state index in [4.69, 9.17) is 4.55 Å². The molecule has 8 heteroatoms. The fraction of sp³-hybridized carbons (Fsp3) is 0.800. The maximum atomic E-state index is 13.1. The summed E-state index contributed by atoms with van der Waals surface area (Å²) in [6, 6.07) is 0. The summed E-state index contributed by atoms with van der Waals surface area (Å²) < 4.78 is 60.0. The third-order valence-electron chi connectivity index (χ3n) is 3.62. The molecule has 1 N–H and O–H groups in total. The average Bonchev–Trinajstić information content (AvgIpc) is 2.51. The fourth-order valence-electron chi connectivity index (χ4n) is 1.84. The second kappa shape index (κ2) is 9.97. The van der Waals surface area contributed by atoms with Crippen molar-refractivity contribution >= 4 is 16.1 Å². The molecule has 0 aromatic heterocycles. The molecule has 0 amide bonds. The van der Waals surface area contributed by atoms with Gasteiger partial charge in [0.1, 0.15) is 0 Å². The first-order valence-electron chi connectivity index (χ1n) is 7.64. The molecule has 0 atom stereocenters. The average molecular weight is 358 g/mol. The normalized spacial score (nSPS) is 12.2. The standard InChI is InChI=1S/C13H22F2O5S.C2H6/c1-5-10(4)8-12(6-2,7-3)11(16)20-9-13(14,15)21(17,18)19;1-2/h4-9H2,1-3H3,(H,17,18,19);1-2H3. The van der Waals surface area contributed by atoms with Crippen LogP contribution in [0.4, 0.5) is 8.78 Å². The SMILES string of the molecule is C=C(CC)CC(CC)(CC)C(=O)OCC(F)(F)S(=O)(=O)O.CC. The van der Waals surface area contributed by atoms with E-state index < -0.39 is 33.4 Å². The maximum absolute atomic E-state index is 13.1. The summed E-state index contributed by atoms with van der Waals surface area (Å²) in [7, 11) is -5.61. The van der Waals surface area contributed by atoms with E-state index in [0.29, 0.717) is 19.3 Å². The van der Waals surface area contributed by atoms with Crippen molar-refractivity contribution in [3.05, 3.63) is 12.2 Å². The van der Waals surface area contributed by atoms with Gasteiger partial charge in [0.2, 0.25) is 0 Å². The molecule has 0 radical (unpaired) electrons. The molecule has 0 saturated carbocycles. The van der Waals surface area contributed by atoms with Gasteiger partial charge in [-0.2, -0.15) is 17.2 Å². The quantitative estimate of drug-likeness (QED) is 0.379. The minimum Gasteiger partial charge on any atom is -0.458 e. The molecule has 0 aliphatic heterocycles. The first-order valence-corrected chi connectivity index (χ1v) is 9.08. The zero-order valence-electron chi connectivity index (χ0n) is 14.5. The Morgan fingerprint density at radius 2 is 1.61 bits per heavy atom. The lowest BCUT2D eigenvalue weighted by atomic mass is 9.76. The van der Waals surface area contributed by atoms with Crippen LogP contribution in [0.1, 0.15) is 60.3 Å². The van der Waals surface area contributed by atoms with Gasteiger partial charge in [-0.1, -0.05) is 46.8 Å². The van der Waals surface area contributed by atoms with Crippen LogP contribution in [0.3, 0.4) is 0 Å². The van der Waals surface area contributed by atoms with Crippen LogP contribution >= 0.6 is 0 Å². The molecule has 0 fully saturated rings. The van der Waals surface area contributed by atoms with E-state index in [9.17, 15) is 22.0 Å². The van der Waals surface area contributed by atoms with Gasteiger partial charge >= 0.3 is 21.3 Å². The van der Waals surface area contributed by atoms with Gasteiger partial charge in [-0.25, -0.2) is 0 Å². The molecule has 0 saturated heterocycles. The number of halogens is 2. The Hall–Kier alpha value is -1.02. The fourth-order valence-corrected chi connectivity index (χ4v) is 2.05. The number of hydrogen-bond acceptors (Lipinski definition) is 4. The molecule has 5 nitrogen and oxygen atoms in total. The number of hydrogen-bond donors (Lipinski definition) is 1. The number of alkyl halides is 2. The molecule has 0 rings (SSSR count). The van der Waals surface area contributed by atoms with Gasteiger partial charge in [-0.15, -0.1) is 0 Å². The lowest BCUT2D eigenvalue weighted by Gasteiger charge is -2.30. The van der Waals surface area contributed by atoms with Crippen molar-refractivity contribution in [1.29, 1.82) is 0 Å². The Kier molecular flexibility index (Phi) is 10.5. The molecule has 0 aliphatic carbocycles. The molecule has 0 bridgehead atoms. The van der Waals surface area contributed by atoms with E-state index in [0.717, 1.165) is 5.57 Å². The Morgan fingerprint density at radius 3 is 1.91 bits per heavy atom. The van der Waals surface area contributed by atoms with Crippen molar-refractivity contribution in [1.82, 2.24) is 0 Å². The smallest absolute Gasteiger partial charge is 0.402 e. The van der Waals surface area contributed by atoms with Crippen molar-refractivity contribution in [3.63, 3.8) is 0 Å². The Balaban J connectivity index is 0. The zero-order valence-corrected chi connectivity index (χ0v) is 15.3. The topological polar surface area (TPSA) is 80.7 Å². The van der Waals surface area contributed by atoms with Crippen molar-refractivity contribution in [2.75, 3.05) is 6.61 Å². The summed E-state index contributed by atoms with van der Waals surface area (Å²) in [4.78, 5) is 12.1. The molecular formula is C15H28F2O5S. The van der Waals surface area contributed by atoms with Crippen LogP contribution in [-0.2, 0) is 19.6 Å². The first-order chi connectivity index (χ1) is 10.5. The largest absolute Gasteiger partial charge is 0.458 e. The monoisotopic (exact) mass is 358 g/mol. The molecule has 0 aromatic carbocycles. The van der Waals surface area contributed by atoms with Crippen molar-refractivity contribution in [2.24, 2.45) is 5.41 Å². The van der Waals surface area contributed by atoms with E-state index in [2.05, 4.69) is 11.3 Å². The van der Waals surface area contributed by atoms with Crippen LogP contribution in [0.25, 0.3) is 0 Å². The number of esters is 1. The van der Waals surface area contributed by atoms with Crippen LogP contribution in [0.2, 0.25) is 0 Å². The van der Waals surface area contributed by atoms with Gasteiger partial charge in [0.05, 0.1) is 5.41 Å². The summed E-state index contributed by atoms with van der Waals surface area (Å²) in [5, 5.41) is -4.52. The summed E-state index contributed by atoms with van der Waals surface area (Å²) in [5.74, 6) is -0.912. The van der Waals surface area contributed by atoms with E-state index in [1.165, 1.54) is 0 Å². The predicted molar refractivity (Wildman–Crippen MR) is 85.9 cm³/mol. The molecule has 0 unspecified atom stereocenters. The van der Waals surface area contributed by atoms with Gasteiger partial charge in [0.25, 0.3) is 0 Å². The van der Waals surface area contributed by atoms with E-state index in [-0.39, 0.29) is 6.42 Å². The van der Waals surface area contributed by atoms with Gasteiger partial charge in [0, 0.05) is 0 Å². The summed E-state index contributed by atoms with van der Waals surface area (Å²) in [5.41, 5.74) is -0.236. The highest BCUT2D eigenvalue weighted by Gasteiger charge is 2.47. The zero-order chi connectivity index (χ0) is 18.9. The minimum atomic E-state index is -5.61. The van der Waals surface area contributed by atoms with E-state index in [1.807, 2.05) is 20.8 Å². The Bertz CT molecular complexity index is 482. The second-order valence-corrected chi connectivity index (χ2v) is 6.50. The Labute approximate surface area is 137 Å². The lowest BCUT2D eigenvalue weighted by molar-refractivity contribution is -0.162. The molecule has 0 aromatic rings. The number of rotatable bonds is 9. The van der Waals surface area contributed by atoms with Crippen molar-refractivity contribution in [2.45, 2.75) is 65.6 Å². The summed E-state index contributed by atoms with van der Waals surface area (Å²) in [6.07, 6.45) is 1.61. The molecule has 23 heavy (non-hydrogen) atoms. The van der Waals surface area contributed by atoms with Crippen LogP contribution in [0.5, 0.6) is 0 Å². The van der Waals surface area contributed by atoms with E-state index >= 15 is 0 Å². The molecule has 0 aliphatic rings. The molecule has 138 valence electrons. The van der Waals surface area contributed by atoms with Crippen LogP contribution in [-0.4, -0.2) is 30.8 Å².